The number of anilines is 1. The van der Waals surface area contributed by atoms with Gasteiger partial charge in [0, 0.05) is 5.69 Å². The summed E-state index contributed by atoms with van der Waals surface area (Å²) in [4.78, 5) is 25.8. The minimum atomic E-state index is -4.93. The van der Waals surface area contributed by atoms with E-state index >= 15 is 0 Å². The average Bonchev–Trinajstić information content (AvgIpc) is 2.96. The zero-order valence-corrected chi connectivity index (χ0v) is 22.0. The SMILES string of the molecule is O=C(Cc1cccc(C(F)(F)F)c1F)NC(COCc1ccccc1)C(=O)Nc1ccc(Oc2ccc(F)cc2)cc1. The Morgan fingerprint density at radius 2 is 1.43 bits per heavy atom. The zero-order valence-electron chi connectivity index (χ0n) is 22.0. The van der Waals surface area contributed by atoms with Crippen LogP contribution in [-0.2, 0) is 33.5 Å². The fourth-order valence-corrected chi connectivity index (χ4v) is 3.88. The summed E-state index contributed by atoms with van der Waals surface area (Å²) in [5, 5.41) is 5.06. The molecule has 0 aliphatic heterocycles. The molecule has 6 nitrogen and oxygen atoms in total. The molecule has 0 aromatic heterocycles. The Balaban J connectivity index is 1.43. The van der Waals surface area contributed by atoms with E-state index in [2.05, 4.69) is 10.6 Å². The molecular formula is C31H25F5N2O4. The monoisotopic (exact) mass is 584 g/mol. The Hall–Kier alpha value is -4.77. The van der Waals surface area contributed by atoms with Crippen LogP contribution in [0.15, 0.2) is 97.1 Å². The molecule has 2 amide bonds. The van der Waals surface area contributed by atoms with Gasteiger partial charge in [0.2, 0.25) is 11.8 Å². The molecule has 4 aromatic rings. The molecule has 11 heteroatoms. The highest BCUT2D eigenvalue weighted by Gasteiger charge is 2.35. The van der Waals surface area contributed by atoms with Crippen LogP contribution in [0.1, 0.15) is 16.7 Å². The summed E-state index contributed by atoms with van der Waals surface area (Å²) in [6, 6.07) is 22.1. The third-order valence-corrected chi connectivity index (χ3v) is 5.95. The number of amides is 2. The number of hydrogen-bond acceptors (Lipinski definition) is 4. The molecule has 0 spiro atoms. The second-order valence-corrected chi connectivity index (χ2v) is 9.14. The summed E-state index contributed by atoms with van der Waals surface area (Å²) < 4.78 is 78.1. The van der Waals surface area contributed by atoms with Crippen LogP contribution in [0, 0.1) is 11.6 Å². The van der Waals surface area contributed by atoms with Crippen molar-refractivity contribution >= 4 is 17.5 Å². The van der Waals surface area contributed by atoms with E-state index in [1.807, 2.05) is 6.07 Å². The summed E-state index contributed by atoms with van der Waals surface area (Å²) >= 11 is 0. The van der Waals surface area contributed by atoms with Gasteiger partial charge in [-0.1, -0.05) is 42.5 Å². The standard InChI is InChI=1S/C31H25F5N2O4/c32-22-9-13-24(14-10-22)42-25-15-11-23(12-16-25)37-30(40)27(19-41-18-20-5-2-1-3-6-20)38-28(39)17-21-7-4-8-26(29(21)33)31(34,35)36/h1-16,27H,17-19H2,(H,37,40)(H,38,39). The highest BCUT2D eigenvalue weighted by molar-refractivity contribution is 5.97. The molecular weight excluding hydrogens is 559 g/mol. The molecule has 4 aromatic carbocycles. The number of benzene rings is 4. The van der Waals surface area contributed by atoms with Gasteiger partial charge >= 0.3 is 6.18 Å². The van der Waals surface area contributed by atoms with Crippen molar-refractivity contribution in [1.29, 1.82) is 0 Å². The first-order chi connectivity index (χ1) is 20.1. The minimum absolute atomic E-state index is 0.123. The number of ether oxygens (including phenoxy) is 2. The minimum Gasteiger partial charge on any atom is -0.457 e. The molecule has 0 saturated carbocycles. The van der Waals surface area contributed by atoms with Gasteiger partial charge < -0.3 is 20.1 Å². The lowest BCUT2D eigenvalue weighted by Gasteiger charge is -2.19. The number of carbonyl (C=O) groups excluding carboxylic acids is 2. The molecule has 0 fully saturated rings. The maximum Gasteiger partial charge on any atom is 0.419 e. The maximum absolute atomic E-state index is 14.5. The number of hydrogen-bond donors (Lipinski definition) is 2. The number of carbonyl (C=O) groups is 2. The van der Waals surface area contributed by atoms with Crippen LogP contribution in [0.4, 0.5) is 27.6 Å². The first-order valence-electron chi connectivity index (χ1n) is 12.7. The Bertz CT molecular complexity index is 1500. The smallest absolute Gasteiger partial charge is 0.419 e. The molecule has 42 heavy (non-hydrogen) atoms. The van der Waals surface area contributed by atoms with Gasteiger partial charge in [0.1, 0.15) is 29.2 Å². The fourth-order valence-electron chi connectivity index (χ4n) is 3.88. The predicted octanol–water partition coefficient (Wildman–Crippen LogP) is 6.66. The van der Waals surface area contributed by atoms with E-state index in [0.29, 0.717) is 23.3 Å². The normalized spacial score (nSPS) is 11.9. The number of halogens is 5. The summed E-state index contributed by atoms with van der Waals surface area (Å²) in [6.07, 6.45) is -5.66. The molecule has 2 N–H and O–H groups in total. The van der Waals surface area contributed by atoms with Gasteiger partial charge in [0.25, 0.3) is 0 Å². The second kappa shape index (κ2) is 13.7. The Kier molecular flexibility index (Phi) is 9.87. The Morgan fingerprint density at radius 3 is 2.07 bits per heavy atom. The van der Waals surface area contributed by atoms with E-state index < -0.39 is 53.2 Å². The lowest BCUT2D eigenvalue weighted by molar-refractivity contribution is -0.140. The van der Waals surface area contributed by atoms with Crippen molar-refractivity contribution in [3.8, 4) is 11.5 Å². The van der Waals surface area contributed by atoms with Gasteiger partial charge in [-0.3, -0.25) is 9.59 Å². The summed E-state index contributed by atoms with van der Waals surface area (Å²) in [5.41, 5.74) is -0.799. The highest BCUT2D eigenvalue weighted by atomic mass is 19.4. The molecule has 0 aliphatic rings. The third kappa shape index (κ3) is 8.61. The summed E-state index contributed by atoms with van der Waals surface area (Å²) in [5.74, 6) is -2.69. The number of rotatable bonds is 11. The number of alkyl halides is 3. The van der Waals surface area contributed by atoms with Gasteiger partial charge in [-0.15, -0.1) is 0 Å². The van der Waals surface area contributed by atoms with Crippen molar-refractivity contribution in [1.82, 2.24) is 5.32 Å². The van der Waals surface area contributed by atoms with Crippen molar-refractivity contribution in [2.24, 2.45) is 0 Å². The van der Waals surface area contributed by atoms with E-state index in [-0.39, 0.29) is 13.2 Å². The van der Waals surface area contributed by atoms with Gasteiger partial charge in [0.05, 0.1) is 25.2 Å². The molecule has 0 radical (unpaired) electrons. The van der Waals surface area contributed by atoms with E-state index in [1.165, 1.54) is 24.3 Å². The van der Waals surface area contributed by atoms with E-state index in [9.17, 15) is 31.5 Å². The van der Waals surface area contributed by atoms with E-state index in [1.54, 1.807) is 48.5 Å². The lowest BCUT2D eigenvalue weighted by Crippen LogP contribution is -2.47. The van der Waals surface area contributed by atoms with E-state index in [4.69, 9.17) is 9.47 Å². The van der Waals surface area contributed by atoms with Gasteiger partial charge in [0.15, 0.2) is 0 Å². The van der Waals surface area contributed by atoms with Crippen molar-refractivity contribution in [2.45, 2.75) is 25.2 Å². The van der Waals surface area contributed by atoms with Gasteiger partial charge in [-0.05, 0) is 65.7 Å². The molecule has 4 rings (SSSR count). The van der Waals surface area contributed by atoms with E-state index in [0.717, 1.165) is 17.7 Å². The first kappa shape index (κ1) is 30.2. The largest absolute Gasteiger partial charge is 0.457 e. The van der Waals surface area contributed by atoms with Crippen molar-refractivity contribution < 1.29 is 41.0 Å². The molecule has 0 aliphatic carbocycles. The average molecular weight is 585 g/mol. The van der Waals surface area contributed by atoms with Crippen molar-refractivity contribution in [3.05, 3.63) is 125 Å². The van der Waals surface area contributed by atoms with Crippen LogP contribution in [0.5, 0.6) is 11.5 Å². The quantitative estimate of drug-likeness (QED) is 0.194. The van der Waals surface area contributed by atoms with Crippen LogP contribution in [0.3, 0.4) is 0 Å². The van der Waals surface area contributed by atoms with Crippen molar-refractivity contribution in [3.63, 3.8) is 0 Å². The topological polar surface area (TPSA) is 76.7 Å². The van der Waals surface area contributed by atoms with Crippen LogP contribution in [-0.4, -0.2) is 24.5 Å². The van der Waals surface area contributed by atoms with Crippen LogP contribution >= 0.6 is 0 Å². The van der Waals surface area contributed by atoms with Gasteiger partial charge in [-0.2, -0.15) is 13.2 Å². The zero-order chi connectivity index (χ0) is 30.1. The summed E-state index contributed by atoms with van der Waals surface area (Å²) in [6.45, 7) is -0.151. The Labute approximate surface area is 238 Å². The fraction of sp³-hybridized carbons (Fsp3) is 0.161. The molecule has 218 valence electrons. The predicted molar refractivity (Wildman–Crippen MR) is 145 cm³/mol. The maximum atomic E-state index is 14.5. The van der Waals surface area contributed by atoms with Crippen LogP contribution in [0.25, 0.3) is 0 Å². The highest BCUT2D eigenvalue weighted by Crippen LogP contribution is 2.32. The van der Waals surface area contributed by atoms with Crippen LogP contribution < -0.4 is 15.4 Å². The number of nitrogens with one attached hydrogen (secondary N) is 2. The van der Waals surface area contributed by atoms with Crippen molar-refractivity contribution in [2.75, 3.05) is 11.9 Å². The first-order valence-corrected chi connectivity index (χ1v) is 12.7. The van der Waals surface area contributed by atoms with Crippen LogP contribution in [0.2, 0.25) is 0 Å². The summed E-state index contributed by atoms with van der Waals surface area (Å²) in [7, 11) is 0. The Morgan fingerprint density at radius 1 is 0.786 bits per heavy atom. The van der Waals surface area contributed by atoms with Gasteiger partial charge in [-0.25, -0.2) is 8.78 Å². The molecule has 1 atom stereocenters. The molecule has 1 unspecified atom stereocenters. The lowest BCUT2D eigenvalue weighted by atomic mass is 10.1. The third-order valence-electron chi connectivity index (χ3n) is 5.95. The molecule has 0 saturated heterocycles. The molecule has 0 bridgehead atoms. The molecule has 0 heterocycles. The second-order valence-electron chi connectivity index (χ2n) is 9.14.